The molecule has 0 amide bonds. The van der Waals surface area contributed by atoms with Crippen LogP contribution in [0.4, 0.5) is 5.82 Å². The monoisotopic (exact) mass is 316 g/mol. The molecule has 5 heteroatoms. The number of hydrazone groups is 1. The molecular weight excluding hydrogens is 296 g/mol. The number of hydrogen-bond donors (Lipinski definition) is 1. The number of aromatic nitrogens is 2. The molecule has 0 saturated heterocycles. The Labute approximate surface area is 136 Å². The van der Waals surface area contributed by atoms with Crippen molar-refractivity contribution < 1.29 is 0 Å². The first-order valence-electron chi connectivity index (χ1n) is 7.47. The summed E-state index contributed by atoms with van der Waals surface area (Å²) in [7, 11) is 0. The lowest BCUT2D eigenvalue weighted by atomic mass is 9.81. The van der Waals surface area contributed by atoms with E-state index in [2.05, 4.69) is 41.5 Å². The van der Waals surface area contributed by atoms with Crippen LogP contribution in [0.15, 0.2) is 41.5 Å². The van der Waals surface area contributed by atoms with Gasteiger partial charge in [0.05, 0.1) is 11.9 Å². The number of nitrogens with zero attached hydrogens (tertiary/aromatic N) is 3. The Kier molecular flexibility index (Phi) is 5.50. The van der Waals surface area contributed by atoms with Gasteiger partial charge in [0.2, 0.25) is 0 Å². The van der Waals surface area contributed by atoms with Crippen molar-refractivity contribution in [1.82, 2.24) is 10.2 Å². The van der Waals surface area contributed by atoms with Crippen LogP contribution in [0, 0.1) is 0 Å². The Morgan fingerprint density at radius 2 is 1.86 bits per heavy atom. The quantitative estimate of drug-likeness (QED) is 0.623. The number of benzene rings is 1. The standard InChI is InChI=1S/C17H21ClN4/c1-4-17(3,5-2)15-10-11-16(22-20-15)21-19-12-13-8-6-7-9-14(13)18/h6-12H,4-5H2,1-3H3,(H,21,22). The van der Waals surface area contributed by atoms with E-state index in [1.807, 2.05) is 36.4 Å². The molecule has 0 atom stereocenters. The van der Waals surface area contributed by atoms with E-state index < -0.39 is 0 Å². The molecule has 1 heterocycles. The van der Waals surface area contributed by atoms with Crippen molar-refractivity contribution >= 4 is 23.6 Å². The summed E-state index contributed by atoms with van der Waals surface area (Å²) in [5.74, 6) is 0.613. The summed E-state index contributed by atoms with van der Waals surface area (Å²) >= 11 is 6.06. The van der Waals surface area contributed by atoms with Gasteiger partial charge in [0, 0.05) is 16.0 Å². The molecule has 0 aliphatic rings. The summed E-state index contributed by atoms with van der Waals surface area (Å²) in [5, 5.41) is 13.3. The van der Waals surface area contributed by atoms with Gasteiger partial charge in [0.25, 0.3) is 0 Å². The van der Waals surface area contributed by atoms with E-state index in [1.54, 1.807) is 6.21 Å². The average Bonchev–Trinajstić information content (AvgIpc) is 2.56. The van der Waals surface area contributed by atoms with Crippen LogP contribution in [0.3, 0.4) is 0 Å². The van der Waals surface area contributed by atoms with E-state index in [4.69, 9.17) is 11.6 Å². The normalized spacial score (nSPS) is 11.8. The minimum absolute atomic E-state index is 0.0758. The van der Waals surface area contributed by atoms with Crippen molar-refractivity contribution in [1.29, 1.82) is 0 Å². The maximum Gasteiger partial charge on any atom is 0.168 e. The predicted molar refractivity (Wildman–Crippen MR) is 92.6 cm³/mol. The SMILES string of the molecule is CCC(C)(CC)c1ccc(NN=Cc2ccccc2Cl)nn1. The van der Waals surface area contributed by atoms with E-state index in [0.717, 1.165) is 24.1 Å². The summed E-state index contributed by atoms with van der Waals surface area (Å²) in [5.41, 5.74) is 4.81. The number of rotatable bonds is 6. The van der Waals surface area contributed by atoms with Gasteiger partial charge in [-0.25, -0.2) is 0 Å². The smallest absolute Gasteiger partial charge is 0.168 e. The third-order valence-corrected chi connectivity index (χ3v) is 4.48. The van der Waals surface area contributed by atoms with E-state index in [0.29, 0.717) is 10.8 Å². The summed E-state index contributed by atoms with van der Waals surface area (Å²) in [6.07, 6.45) is 3.74. The molecule has 0 bridgehead atoms. The van der Waals surface area contributed by atoms with Gasteiger partial charge in [0.15, 0.2) is 5.82 Å². The second kappa shape index (κ2) is 7.36. The minimum atomic E-state index is 0.0758. The minimum Gasteiger partial charge on any atom is -0.260 e. The lowest BCUT2D eigenvalue weighted by Crippen LogP contribution is -2.21. The first kappa shape index (κ1) is 16.4. The third-order valence-electron chi connectivity index (χ3n) is 4.13. The van der Waals surface area contributed by atoms with Gasteiger partial charge in [-0.3, -0.25) is 5.43 Å². The Bertz CT molecular complexity index is 633. The molecule has 22 heavy (non-hydrogen) atoms. The fraction of sp³-hybridized carbons (Fsp3) is 0.353. The largest absolute Gasteiger partial charge is 0.260 e. The lowest BCUT2D eigenvalue weighted by Gasteiger charge is -2.25. The summed E-state index contributed by atoms with van der Waals surface area (Å²) < 4.78 is 0. The highest BCUT2D eigenvalue weighted by Crippen LogP contribution is 2.29. The summed E-state index contributed by atoms with van der Waals surface area (Å²) in [6.45, 7) is 6.55. The van der Waals surface area contributed by atoms with E-state index in [1.165, 1.54) is 0 Å². The molecule has 0 aliphatic carbocycles. The molecule has 1 aromatic heterocycles. The highest BCUT2D eigenvalue weighted by Gasteiger charge is 2.24. The molecule has 0 saturated carbocycles. The second-order valence-electron chi connectivity index (χ2n) is 5.46. The molecule has 2 aromatic rings. The maximum absolute atomic E-state index is 6.06. The molecule has 0 fully saturated rings. The molecule has 0 spiro atoms. The van der Waals surface area contributed by atoms with Crippen molar-refractivity contribution in [2.24, 2.45) is 5.10 Å². The zero-order valence-corrected chi connectivity index (χ0v) is 13.9. The van der Waals surface area contributed by atoms with Crippen molar-refractivity contribution in [2.45, 2.75) is 39.0 Å². The van der Waals surface area contributed by atoms with Crippen LogP contribution < -0.4 is 5.43 Å². The van der Waals surface area contributed by atoms with Crippen molar-refractivity contribution in [3.63, 3.8) is 0 Å². The van der Waals surface area contributed by atoms with Crippen LogP contribution in [0.1, 0.15) is 44.9 Å². The number of anilines is 1. The molecule has 0 unspecified atom stereocenters. The highest BCUT2D eigenvalue weighted by molar-refractivity contribution is 6.33. The third kappa shape index (κ3) is 3.83. The van der Waals surface area contributed by atoms with Gasteiger partial charge in [-0.15, -0.1) is 5.10 Å². The average molecular weight is 317 g/mol. The Hall–Kier alpha value is -1.94. The Balaban J connectivity index is 2.05. The molecule has 1 aromatic carbocycles. The summed E-state index contributed by atoms with van der Waals surface area (Å²) in [4.78, 5) is 0. The Morgan fingerprint density at radius 3 is 2.45 bits per heavy atom. The maximum atomic E-state index is 6.06. The Morgan fingerprint density at radius 1 is 1.14 bits per heavy atom. The molecule has 2 rings (SSSR count). The number of halogens is 1. The van der Waals surface area contributed by atoms with Crippen molar-refractivity contribution in [2.75, 3.05) is 5.43 Å². The zero-order chi connectivity index (χ0) is 16.0. The molecule has 4 nitrogen and oxygen atoms in total. The fourth-order valence-electron chi connectivity index (χ4n) is 2.07. The van der Waals surface area contributed by atoms with E-state index >= 15 is 0 Å². The van der Waals surface area contributed by atoms with E-state index in [-0.39, 0.29) is 5.41 Å². The van der Waals surface area contributed by atoms with Crippen LogP contribution in [-0.4, -0.2) is 16.4 Å². The number of hydrogen-bond acceptors (Lipinski definition) is 4. The van der Waals surface area contributed by atoms with Crippen LogP contribution in [0.2, 0.25) is 5.02 Å². The van der Waals surface area contributed by atoms with Gasteiger partial charge in [0.1, 0.15) is 0 Å². The summed E-state index contributed by atoms with van der Waals surface area (Å²) in [6, 6.07) is 11.4. The molecule has 116 valence electrons. The zero-order valence-electron chi connectivity index (χ0n) is 13.2. The topological polar surface area (TPSA) is 50.2 Å². The highest BCUT2D eigenvalue weighted by atomic mass is 35.5. The van der Waals surface area contributed by atoms with Gasteiger partial charge >= 0.3 is 0 Å². The van der Waals surface area contributed by atoms with Gasteiger partial charge in [-0.2, -0.15) is 10.2 Å². The van der Waals surface area contributed by atoms with E-state index in [9.17, 15) is 0 Å². The molecule has 0 aliphatic heterocycles. The number of nitrogens with one attached hydrogen (secondary N) is 1. The lowest BCUT2D eigenvalue weighted by molar-refractivity contribution is 0.421. The van der Waals surface area contributed by atoms with Gasteiger partial charge in [-0.05, 0) is 31.0 Å². The van der Waals surface area contributed by atoms with Gasteiger partial charge in [-0.1, -0.05) is 50.6 Å². The van der Waals surface area contributed by atoms with Crippen LogP contribution in [-0.2, 0) is 5.41 Å². The molecular formula is C17H21ClN4. The fourth-order valence-corrected chi connectivity index (χ4v) is 2.26. The van der Waals surface area contributed by atoms with Crippen LogP contribution >= 0.6 is 11.6 Å². The predicted octanol–water partition coefficient (Wildman–Crippen LogP) is 4.65. The van der Waals surface area contributed by atoms with Crippen molar-refractivity contribution in [3.8, 4) is 0 Å². The van der Waals surface area contributed by atoms with Crippen LogP contribution in [0.5, 0.6) is 0 Å². The van der Waals surface area contributed by atoms with Gasteiger partial charge < -0.3 is 0 Å². The molecule has 1 N–H and O–H groups in total. The first-order valence-corrected chi connectivity index (χ1v) is 7.84. The first-order chi connectivity index (χ1) is 10.6. The van der Waals surface area contributed by atoms with Crippen LogP contribution in [0.25, 0.3) is 0 Å². The molecule has 0 radical (unpaired) electrons. The van der Waals surface area contributed by atoms with Crippen molar-refractivity contribution in [3.05, 3.63) is 52.7 Å². The second-order valence-corrected chi connectivity index (χ2v) is 5.87.